The third-order valence-corrected chi connectivity index (χ3v) is 5.64. The Labute approximate surface area is 167 Å². The molecule has 0 aliphatic carbocycles. The molecule has 0 unspecified atom stereocenters. The number of nitriles is 1. The van der Waals surface area contributed by atoms with E-state index in [-0.39, 0.29) is 5.91 Å². The lowest BCUT2D eigenvalue weighted by Crippen LogP contribution is -2.44. The van der Waals surface area contributed by atoms with Gasteiger partial charge in [-0.1, -0.05) is 42.5 Å². The molecule has 1 amide bonds. The second kappa shape index (κ2) is 8.16. The molecule has 0 bridgehead atoms. The van der Waals surface area contributed by atoms with E-state index >= 15 is 0 Å². The molecule has 1 aliphatic rings. The van der Waals surface area contributed by atoms with Crippen molar-refractivity contribution in [2.75, 3.05) is 13.1 Å². The summed E-state index contributed by atoms with van der Waals surface area (Å²) < 4.78 is 0. The van der Waals surface area contributed by atoms with Crippen molar-refractivity contribution < 1.29 is 9.90 Å². The maximum Gasteiger partial charge on any atom is 0.253 e. The summed E-state index contributed by atoms with van der Waals surface area (Å²) in [6.45, 7) is 4.75. The van der Waals surface area contributed by atoms with Gasteiger partial charge < -0.3 is 10.0 Å². The number of aliphatic hydroxyl groups is 1. The smallest absolute Gasteiger partial charge is 0.253 e. The number of piperidine rings is 1. The Kier molecular flexibility index (Phi) is 5.86. The van der Waals surface area contributed by atoms with Gasteiger partial charge in [-0.15, -0.1) is 0 Å². The number of carbonyl (C=O) groups is 1. The van der Waals surface area contributed by atoms with Crippen molar-refractivity contribution in [3.8, 4) is 6.07 Å². The number of amides is 1. The lowest BCUT2D eigenvalue weighted by molar-refractivity contribution is 0.0692. The summed E-state index contributed by atoms with van der Waals surface area (Å²) in [4.78, 5) is 14.8. The van der Waals surface area contributed by atoms with Crippen LogP contribution in [-0.2, 0) is 11.8 Å². The molecule has 1 saturated heterocycles. The fourth-order valence-electron chi connectivity index (χ4n) is 3.81. The average molecular weight is 377 g/mol. The summed E-state index contributed by atoms with van der Waals surface area (Å²) in [6.07, 6.45) is 2.68. The number of carbonyl (C=O) groups excluding carboxylic acids is 1. The molecule has 0 radical (unpaired) electrons. The van der Waals surface area contributed by atoms with Gasteiger partial charge in [-0.25, -0.2) is 0 Å². The van der Waals surface area contributed by atoms with Gasteiger partial charge in [0.2, 0.25) is 0 Å². The zero-order valence-electron chi connectivity index (χ0n) is 16.7. The highest BCUT2D eigenvalue weighted by atomic mass is 16.3. The maximum absolute atomic E-state index is 13.0. The predicted octanol–water partition coefficient (Wildman–Crippen LogP) is 4.09. The van der Waals surface area contributed by atoms with Gasteiger partial charge in [-0.3, -0.25) is 4.79 Å². The zero-order valence-corrected chi connectivity index (χ0v) is 16.7. The van der Waals surface area contributed by atoms with Crippen molar-refractivity contribution in [1.29, 1.82) is 5.26 Å². The van der Waals surface area contributed by atoms with Crippen molar-refractivity contribution >= 4 is 5.91 Å². The normalized spacial score (nSPS) is 16.4. The summed E-state index contributed by atoms with van der Waals surface area (Å²) >= 11 is 0. The minimum absolute atomic E-state index is 0.0183. The number of nitrogens with zero attached hydrogens (tertiary/aromatic N) is 2. The molecule has 1 aliphatic heterocycles. The van der Waals surface area contributed by atoms with Gasteiger partial charge in [-0.2, -0.15) is 5.26 Å². The van der Waals surface area contributed by atoms with E-state index in [1.807, 2.05) is 59.5 Å². The Morgan fingerprint density at radius 2 is 1.82 bits per heavy atom. The Bertz CT molecular complexity index is 854. The molecule has 4 heteroatoms. The Morgan fingerprint density at radius 1 is 1.14 bits per heavy atom. The molecule has 4 nitrogen and oxygen atoms in total. The molecule has 1 fully saturated rings. The van der Waals surface area contributed by atoms with Crippen molar-refractivity contribution in [3.63, 3.8) is 0 Å². The first-order valence-corrected chi connectivity index (χ1v) is 9.90. The lowest BCUT2D eigenvalue weighted by atomic mass is 9.74. The van der Waals surface area contributed by atoms with Crippen molar-refractivity contribution in [3.05, 3.63) is 71.3 Å². The maximum atomic E-state index is 13.0. The molecule has 28 heavy (non-hydrogen) atoms. The van der Waals surface area contributed by atoms with E-state index in [0.717, 1.165) is 17.5 Å². The van der Waals surface area contributed by atoms with E-state index in [1.54, 1.807) is 13.8 Å². The molecule has 146 valence electrons. The predicted molar refractivity (Wildman–Crippen MR) is 110 cm³/mol. The molecular formula is C24H28N2O2. The summed E-state index contributed by atoms with van der Waals surface area (Å²) in [5.41, 5.74) is 1.55. The molecule has 3 rings (SSSR count). The standard InChI is InChI=1S/C24H28N2O2/c1-23(2,28)12-11-19-7-6-8-20(17-19)22(27)26-15-13-24(18-25,14-16-26)21-9-4-3-5-10-21/h3-10,17,28H,11-16H2,1-2H3. The van der Waals surface area contributed by atoms with Gasteiger partial charge in [0.25, 0.3) is 5.91 Å². The van der Waals surface area contributed by atoms with Crippen LogP contribution >= 0.6 is 0 Å². The molecule has 1 N–H and O–H groups in total. The van der Waals surface area contributed by atoms with E-state index < -0.39 is 11.0 Å². The van der Waals surface area contributed by atoms with Crippen LogP contribution in [0.2, 0.25) is 0 Å². The fraction of sp³-hybridized carbons (Fsp3) is 0.417. The number of aryl methyl sites for hydroxylation is 1. The Hall–Kier alpha value is -2.64. The first-order chi connectivity index (χ1) is 13.3. The van der Waals surface area contributed by atoms with Crippen LogP contribution in [0.3, 0.4) is 0 Å². The summed E-state index contributed by atoms with van der Waals surface area (Å²) in [6, 6.07) is 20.1. The average Bonchev–Trinajstić information content (AvgIpc) is 2.72. The number of likely N-dealkylation sites (tertiary alicyclic amines) is 1. The third kappa shape index (κ3) is 4.61. The van der Waals surface area contributed by atoms with Gasteiger partial charge in [0.1, 0.15) is 0 Å². The number of hydrogen-bond acceptors (Lipinski definition) is 3. The molecule has 0 saturated carbocycles. The third-order valence-electron chi connectivity index (χ3n) is 5.64. The van der Waals surface area contributed by atoms with E-state index in [1.165, 1.54) is 0 Å². The van der Waals surface area contributed by atoms with Crippen LogP contribution in [-0.4, -0.2) is 34.6 Å². The zero-order chi connectivity index (χ0) is 20.2. The number of benzene rings is 2. The number of rotatable bonds is 5. The van der Waals surface area contributed by atoms with E-state index in [0.29, 0.717) is 37.9 Å². The van der Waals surface area contributed by atoms with Crippen LogP contribution < -0.4 is 0 Å². The van der Waals surface area contributed by atoms with E-state index in [2.05, 4.69) is 6.07 Å². The Balaban J connectivity index is 1.68. The monoisotopic (exact) mass is 376 g/mol. The number of hydrogen-bond donors (Lipinski definition) is 1. The van der Waals surface area contributed by atoms with E-state index in [4.69, 9.17) is 0 Å². The highest BCUT2D eigenvalue weighted by Crippen LogP contribution is 2.35. The SMILES string of the molecule is CC(C)(O)CCc1cccc(C(=O)N2CCC(C#N)(c3ccccc3)CC2)c1. The van der Waals surface area contributed by atoms with Gasteiger partial charge in [0.05, 0.1) is 17.1 Å². The minimum Gasteiger partial charge on any atom is -0.390 e. The van der Waals surface area contributed by atoms with Gasteiger partial charge in [-0.05, 0) is 62.8 Å². The minimum atomic E-state index is -0.717. The lowest BCUT2D eigenvalue weighted by Gasteiger charge is -2.37. The highest BCUT2D eigenvalue weighted by Gasteiger charge is 2.37. The van der Waals surface area contributed by atoms with Crippen molar-refractivity contribution in [2.24, 2.45) is 0 Å². The molecule has 2 aromatic rings. The van der Waals surface area contributed by atoms with Gasteiger partial charge in [0.15, 0.2) is 0 Å². The second-order valence-corrected chi connectivity index (χ2v) is 8.36. The van der Waals surface area contributed by atoms with Crippen LogP contribution in [0.15, 0.2) is 54.6 Å². The quantitative estimate of drug-likeness (QED) is 0.855. The molecule has 0 aromatic heterocycles. The van der Waals surface area contributed by atoms with Crippen LogP contribution in [0.25, 0.3) is 0 Å². The Morgan fingerprint density at radius 3 is 2.43 bits per heavy atom. The molecule has 1 heterocycles. The summed E-state index contributed by atoms with van der Waals surface area (Å²) in [5, 5.41) is 19.8. The van der Waals surface area contributed by atoms with Gasteiger partial charge in [0, 0.05) is 18.7 Å². The molecule has 2 aromatic carbocycles. The summed E-state index contributed by atoms with van der Waals surface area (Å²) in [7, 11) is 0. The first kappa shape index (κ1) is 20.1. The fourth-order valence-corrected chi connectivity index (χ4v) is 3.81. The molecular weight excluding hydrogens is 348 g/mol. The highest BCUT2D eigenvalue weighted by molar-refractivity contribution is 5.94. The van der Waals surface area contributed by atoms with Crippen LogP contribution in [0.4, 0.5) is 0 Å². The van der Waals surface area contributed by atoms with Crippen LogP contribution in [0.5, 0.6) is 0 Å². The van der Waals surface area contributed by atoms with Crippen molar-refractivity contribution in [2.45, 2.75) is 50.5 Å². The first-order valence-electron chi connectivity index (χ1n) is 9.90. The second-order valence-electron chi connectivity index (χ2n) is 8.36. The van der Waals surface area contributed by atoms with Crippen LogP contribution in [0, 0.1) is 11.3 Å². The van der Waals surface area contributed by atoms with Crippen LogP contribution in [0.1, 0.15) is 54.6 Å². The topological polar surface area (TPSA) is 64.3 Å². The van der Waals surface area contributed by atoms with Gasteiger partial charge >= 0.3 is 0 Å². The summed E-state index contributed by atoms with van der Waals surface area (Å²) in [5.74, 6) is 0.0183. The molecule has 0 spiro atoms. The molecule has 0 atom stereocenters. The largest absolute Gasteiger partial charge is 0.390 e. The van der Waals surface area contributed by atoms with E-state index in [9.17, 15) is 15.2 Å². The van der Waals surface area contributed by atoms with Crippen molar-refractivity contribution in [1.82, 2.24) is 4.90 Å².